The first-order valence-corrected chi connectivity index (χ1v) is 10.6. The van der Waals surface area contributed by atoms with E-state index in [-0.39, 0.29) is 18.5 Å². The van der Waals surface area contributed by atoms with Gasteiger partial charge in [-0.1, -0.05) is 60.1 Å². The van der Waals surface area contributed by atoms with Gasteiger partial charge in [0.2, 0.25) is 5.91 Å². The van der Waals surface area contributed by atoms with E-state index in [1.165, 1.54) is 0 Å². The first-order valence-electron chi connectivity index (χ1n) is 8.90. The molecule has 2 aromatic carbocycles. The molecule has 0 aliphatic heterocycles. The normalized spacial score (nSPS) is 11.9. The van der Waals surface area contributed by atoms with Crippen LogP contribution in [0, 0.1) is 4.77 Å². The van der Waals surface area contributed by atoms with Crippen molar-refractivity contribution in [2.75, 3.05) is 0 Å². The number of halogens is 1. The van der Waals surface area contributed by atoms with E-state index in [1.54, 1.807) is 15.9 Å². The lowest BCUT2D eigenvalue weighted by atomic mass is 9.98. The Morgan fingerprint density at radius 3 is 2.52 bits per heavy atom. The second-order valence-electron chi connectivity index (χ2n) is 6.38. The van der Waals surface area contributed by atoms with Crippen molar-refractivity contribution in [2.45, 2.75) is 12.6 Å². The van der Waals surface area contributed by atoms with E-state index >= 15 is 0 Å². The highest BCUT2D eigenvalue weighted by Crippen LogP contribution is 2.25. The van der Waals surface area contributed by atoms with Crippen molar-refractivity contribution >= 4 is 41.1 Å². The van der Waals surface area contributed by atoms with Gasteiger partial charge in [-0.3, -0.25) is 14.5 Å². The lowest BCUT2D eigenvalue weighted by molar-refractivity contribution is -0.122. The maximum atomic E-state index is 13.0. The predicted molar refractivity (Wildman–Crippen MR) is 119 cm³/mol. The molecule has 1 atom stereocenters. The standard InChI is InChI=1S/C21H17ClN4OS2/c22-16-10-8-15(9-11-16)19(14-5-2-1-3-6-14)23-18(27)13-26-20(24-25-21(26)28)17-7-4-12-29-17/h1-12,19H,13H2,(H,23,27)(H,25,28). The highest BCUT2D eigenvalue weighted by Gasteiger charge is 2.19. The largest absolute Gasteiger partial charge is 0.344 e. The predicted octanol–water partition coefficient (Wildman–Crippen LogP) is 5.23. The van der Waals surface area contributed by atoms with Gasteiger partial charge in [-0.05, 0) is 46.9 Å². The molecule has 5 nitrogen and oxygen atoms in total. The van der Waals surface area contributed by atoms with Crippen molar-refractivity contribution in [2.24, 2.45) is 0 Å². The summed E-state index contributed by atoms with van der Waals surface area (Å²) in [5.74, 6) is 0.493. The molecule has 0 bridgehead atoms. The number of amides is 1. The number of H-pyrrole nitrogens is 1. The van der Waals surface area contributed by atoms with E-state index in [4.69, 9.17) is 23.8 Å². The zero-order valence-electron chi connectivity index (χ0n) is 15.2. The SMILES string of the molecule is O=C(Cn1c(-c2cccs2)n[nH]c1=S)NC(c1ccccc1)c1ccc(Cl)cc1. The summed E-state index contributed by atoms with van der Waals surface area (Å²) in [5, 5.41) is 12.8. The third kappa shape index (κ3) is 4.48. The summed E-state index contributed by atoms with van der Waals surface area (Å²) in [4.78, 5) is 13.9. The van der Waals surface area contributed by atoms with Gasteiger partial charge in [-0.25, -0.2) is 0 Å². The second kappa shape index (κ2) is 8.73. The zero-order chi connectivity index (χ0) is 20.2. The molecule has 29 heavy (non-hydrogen) atoms. The first-order chi connectivity index (χ1) is 14.1. The van der Waals surface area contributed by atoms with Crippen molar-refractivity contribution in [1.82, 2.24) is 20.1 Å². The number of thiophene rings is 1. The van der Waals surface area contributed by atoms with Crippen molar-refractivity contribution in [1.29, 1.82) is 0 Å². The van der Waals surface area contributed by atoms with Crippen LogP contribution in [0.15, 0.2) is 72.1 Å². The molecule has 0 saturated carbocycles. The molecule has 0 spiro atoms. The molecule has 2 aromatic heterocycles. The summed E-state index contributed by atoms with van der Waals surface area (Å²) >= 11 is 12.9. The third-order valence-electron chi connectivity index (χ3n) is 4.44. The van der Waals surface area contributed by atoms with Crippen LogP contribution in [0.3, 0.4) is 0 Å². The van der Waals surface area contributed by atoms with Crippen molar-refractivity contribution in [3.05, 3.63) is 93.0 Å². The van der Waals surface area contributed by atoms with E-state index in [0.29, 0.717) is 15.6 Å². The molecular formula is C21H17ClN4OS2. The van der Waals surface area contributed by atoms with Gasteiger partial charge < -0.3 is 5.32 Å². The molecule has 0 fully saturated rings. The summed E-state index contributed by atoms with van der Waals surface area (Å²) in [6, 6.07) is 20.9. The molecule has 1 amide bonds. The minimum Gasteiger partial charge on any atom is -0.344 e. The summed E-state index contributed by atoms with van der Waals surface area (Å²) in [6.07, 6.45) is 0. The maximum absolute atomic E-state index is 13.0. The smallest absolute Gasteiger partial charge is 0.240 e. The Bertz CT molecular complexity index is 1150. The van der Waals surface area contributed by atoms with Gasteiger partial charge in [-0.2, -0.15) is 5.10 Å². The van der Waals surface area contributed by atoms with Gasteiger partial charge >= 0.3 is 0 Å². The number of carbonyl (C=O) groups excluding carboxylic acids is 1. The van der Waals surface area contributed by atoms with Crippen molar-refractivity contribution in [3.8, 4) is 10.7 Å². The Hall–Kier alpha value is -2.74. The number of rotatable bonds is 6. The molecule has 2 heterocycles. The number of benzene rings is 2. The third-order valence-corrected chi connectivity index (χ3v) is 5.87. The minimum absolute atomic E-state index is 0.0689. The summed E-state index contributed by atoms with van der Waals surface area (Å²) in [7, 11) is 0. The number of hydrogen-bond acceptors (Lipinski definition) is 4. The van der Waals surface area contributed by atoms with Crippen LogP contribution in [-0.2, 0) is 11.3 Å². The Kier molecular flexibility index (Phi) is 5.89. The Morgan fingerprint density at radius 1 is 1.10 bits per heavy atom. The summed E-state index contributed by atoms with van der Waals surface area (Å²) in [5.41, 5.74) is 1.93. The molecule has 1 unspecified atom stereocenters. The number of aromatic nitrogens is 3. The van der Waals surface area contributed by atoms with Crippen LogP contribution in [0.25, 0.3) is 10.7 Å². The van der Waals surface area contributed by atoms with Crippen LogP contribution in [0.5, 0.6) is 0 Å². The number of nitrogens with one attached hydrogen (secondary N) is 2. The van der Waals surface area contributed by atoms with Crippen molar-refractivity contribution < 1.29 is 4.79 Å². The molecule has 8 heteroatoms. The van der Waals surface area contributed by atoms with E-state index < -0.39 is 0 Å². The average molecular weight is 441 g/mol. The minimum atomic E-state index is -0.299. The lowest BCUT2D eigenvalue weighted by Crippen LogP contribution is -2.32. The summed E-state index contributed by atoms with van der Waals surface area (Å²) in [6.45, 7) is 0.0689. The lowest BCUT2D eigenvalue weighted by Gasteiger charge is -2.20. The van der Waals surface area contributed by atoms with Gasteiger partial charge in [0.15, 0.2) is 10.6 Å². The van der Waals surface area contributed by atoms with Crippen LogP contribution in [-0.4, -0.2) is 20.7 Å². The van der Waals surface area contributed by atoms with Crippen LogP contribution >= 0.6 is 35.2 Å². The van der Waals surface area contributed by atoms with Gasteiger partial charge in [0.05, 0.1) is 10.9 Å². The molecule has 4 rings (SSSR count). The second-order valence-corrected chi connectivity index (χ2v) is 8.15. The Morgan fingerprint density at radius 2 is 1.83 bits per heavy atom. The first kappa shape index (κ1) is 19.6. The van der Waals surface area contributed by atoms with Gasteiger partial charge in [0.1, 0.15) is 6.54 Å². The van der Waals surface area contributed by atoms with E-state index in [2.05, 4.69) is 15.5 Å². The maximum Gasteiger partial charge on any atom is 0.240 e. The number of hydrogen-bond donors (Lipinski definition) is 2. The van der Waals surface area contributed by atoms with Crippen LogP contribution in [0.2, 0.25) is 5.02 Å². The number of nitrogens with zero attached hydrogens (tertiary/aromatic N) is 2. The monoisotopic (exact) mass is 440 g/mol. The molecule has 4 aromatic rings. The number of aromatic amines is 1. The van der Waals surface area contributed by atoms with Gasteiger partial charge in [0.25, 0.3) is 0 Å². The molecule has 0 radical (unpaired) electrons. The van der Waals surface area contributed by atoms with Gasteiger partial charge in [0, 0.05) is 5.02 Å². The van der Waals surface area contributed by atoms with Crippen LogP contribution in [0.4, 0.5) is 0 Å². The fourth-order valence-electron chi connectivity index (χ4n) is 3.07. The number of carbonyl (C=O) groups is 1. The fourth-order valence-corrected chi connectivity index (χ4v) is 4.11. The highest BCUT2D eigenvalue weighted by atomic mass is 35.5. The molecule has 146 valence electrons. The molecular weight excluding hydrogens is 424 g/mol. The van der Waals surface area contributed by atoms with Crippen LogP contribution in [0.1, 0.15) is 17.2 Å². The van der Waals surface area contributed by atoms with E-state index in [1.807, 2.05) is 72.1 Å². The summed E-state index contributed by atoms with van der Waals surface area (Å²) < 4.78 is 2.12. The highest BCUT2D eigenvalue weighted by molar-refractivity contribution is 7.71. The molecule has 0 saturated heterocycles. The topological polar surface area (TPSA) is 62.7 Å². The molecule has 0 aliphatic rings. The average Bonchev–Trinajstić information content (AvgIpc) is 3.38. The zero-order valence-corrected chi connectivity index (χ0v) is 17.6. The Labute approximate surface area is 182 Å². The Balaban J connectivity index is 1.61. The molecule has 2 N–H and O–H groups in total. The van der Waals surface area contributed by atoms with Gasteiger partial charge in [-0.15, -0.1) is 11.3 Å². The van der Waals surface area contributed by atoms with Crippen molar-refractivity contribution in [3.63, 3.8) is 0 Å². The fraction of sp³-hybridized carbons (Fsp3) is 0.0952. The van der Waals surface area contributed by atoms with E-state index in [0.717, 1.165) is 16.0 Å². The quantitative estimate of drug-likeness (QED) is 0.403. The molecule has 0 aliphatic carbocycles. The van der Waals surface area contributed by atoms with E-state index in [9.17, 15) is 4.79 Å². The van der Waals surface area contributed by atoms with Crippen LogP contribution < -0.4 is 5.32 Å².